The van der Waals surface area contributed by atoms with Gasteiger partial charge in [0.1, 0.15) is 11.6 Å². The van der Waals surface area contributed by atoms with Gasteiger partial charge < -0.3 is 10.7 Å². The molecule has 0 spiro atoms. The third kappa shape index (κ3) is 1.59. The van der Waals surface area contributed by atoms with Gasteiger partial charge in [0.15, 0.2) is 0 Å². The lowest BCUT2D eigenvalue weighted by molar-refractivity contribution is 0.613. The van der Waals surface area contributed by atoms with Gasteiger partial charge in [-0.25, -0.2) is 9.37 Å². The summed E-state index contributed by atoms with van der Waals surface area (Å²) in [4.78, 5) is 6.92. The molecule has 1 heterocycles. The van der Waals surface area contributed by atoms with Crippen molar-refractivity contribution in [1.29, 1.82) is 0 Å². The Labute approximate surface area is 80.8 Å². The van der Waals surface area contributed by atoms with Crippen LogP contribution in [0.5, 0.6) is 0 Å². The molecule has 0 aliphatic rings. The molecule has 0 fully saturated rings. The maximum atomic E-state index is 13.3. The molecule has 0 atom stereocenters. The van der Waals surface area contributed by atoms with Crippen molar-refractivity contribution in [2.75, 3.05) is 5.73 Å². The smallest absolute Gasteiger partial charge is 0.128 e. The number of benzene rings is 1. The van der Waals surface area contributed by atoms with Crippen molar-refractivity contribution in [3.8, 4) is 0 Å². The number of halogens is 1. The molecule has 0 bridgehead atoms. The molecule has 0 radical (unpaired) electrons. The van der Waals surface area contributed by atoms with Gasteiger partial charge in [0.25, 0.3) is 0 Å². The molecule has 3 N–H and O–H groups in total. The second-order valence-corrected chi connectivity index (χ2v) is 3.02. The molecule has 0 aliphatic heterocycles. The van der Waals surface area contributed by atoms with Crippen molar-refractivity contribution in [2.45, 2.75) is 6.42 Å². The Bertz CT molecular complexity index is 403. The van der Waals surface area contributed by atoms with E-state index < -0.39 is 0 Å². The number of aromatic amines is 1. The molecule has 2 aromatic rings. The van der Waals surface area contributed by atoms with Crippen molar-refractivity contribution in [1.82, 2.24) is 9.97 Å². The highest BCUT2D eigenvalue weighted by atomic mass is 19.1. The van der Waals surface area contributed by atoms with Gasteiger partial charge in [-0.05, 0) is 12.1 Å². The van der Waals surface area contributed by atoms with E-state index in [1.54, 1.807) is 24.5 Å². The SMILES string of the molecule is Nc1cccc(F)c1Cc1ncc[nH]1. The van der Waals surface area contributed by atoms with E-state index in [0.29, 0.717) is 23.5 Å². The van der Waals surface area contributed by atoms with E-state index in [9.17, 15) is 4.39 Å². The van der Waals surface area contributed by atoms with Crippen LogP contribution in [0.3, 0.4) is 0 Å². The monoisotopic (exact) mass is 191 g/mol. The Morgan fingerprint density at radius 1 is 1.43 bits per heavy atom. The van der Waals surface area contributed by atoms with Gasteiger partial charge in [-0.3, -0.25) is 0 Å². The third-order valence-corrected chi connectivity index (χ3v) is 2.05. The van der Waals surface area contributed by atoms with Gasteiger partial charge >= 0.3 is 0 Å². The molecule has 0 amide bonds. The number of anilines is 1. The number of nitrogens with zero attached hydrogens (tertiary/aromatic N) is 1. The third-order valence-electron chi connectivity index (χ3n) is 2.05. The van der Waals surface area contributed by atoms with E-state index in [4.69, 9.17) is 5.73 Å². The van der Waals surface area contributed by atoms with Crippen molar-refractivity contribution >= 4 is 5.69 Å². The summed E-state index contributed by atoms with van der Waals surface area (Å²) in [5, 5.41) is 0. The fourth-order valence-electron chi connectivity index (χ4n) is 1.32. The average Bonchev–Trinajstić information content (AvgIpc) is 2.64. The predicted molar refractivity (Wildman–Crippen MR) is 52.2 cm³/mol. The highest BCUT2D eigenvalue weighted by Crippen LogP contribution is 2.17. The van der Waals surface area contributed by atoms with E-state index in [0.717, 1.165) is 0 Å². The zero-order valence-electron chi connectivity index (χ0n) is 7.50. The molecule has 4 heteroatoms. The van der Waals surface area contributed by atoms with Gasteiger partial charge in [-0.2, -0.15) is 0 Å². The molecule has 72 valence electrons. The second-order valence-electron chi connectivity index (χ2n) is 3.02. The molecule has 0 saturated heterocycles. The molecular weight excluding hydrogens is 181 g/mol. The molecule has 0 saturated carbocycles. The summed E-state index contributed by atoms with van der Waals surface area (Å²) in [5.41, 5.74) is 6.60. The summed E-state index contributed by atoms with van der Waals surface area (Å²) in [6.07, 6.45) is 3.73. The van der Waals surface area contributed by atoms with Crippen molar-refractivity contribution in [3.63, 3.8) is 0 Å². The van der Waals surface area contributed by atoms with Crippen LogP contribution in [0, 0.1) is 5.82 Å². The molecule has 0 aliphatic carbocycles. The number of hydrogen-bond donors (Lipinski definition) is 2. The van der Waals surface area contributed by atoms with E-state index in [1.165, 1.54) is 6.07 Å². The lowest BCUT2D eigenvalue weighted by Gasteiger charge is -2.04. The highest BCUT2D eigenvalue weighted by molar-refractivity contribution is 5.48. The quantitative estimate of drug-likeness (QED) is 0.710. The molecule has 2 rings (SSSR count). The number of aromatic nitrogens is 2. The van der Waals surface area contributed by atoms with Crippen LogP contribution in [0.15, 0.2) is 30.6 Å². The predicted octanol–water partition coefficient (Wildman–Crippen LogP) is 1.72. The average molecular weight is 191 g/mol. The minimum atomic E-state index is -0.290. The Hall–Kier alpha value is -1.84. The molecule has 1 aromatic heterocycles. The van der Waals surface area contributed by atoms with Crippen LogP contribution in [0.2, 0.25) is 0 Å². The molecule has 1 aromatic carbocycles. The van der Waals surface area contributed by atoms with Gasteiger partial charge in [-0.1, -0.05) is 6.07 Å². The number of imidazole rings is 1. The largest absolute Gasteiger partial charge is 0.398 e. The van der Waals surface area contributed by atoms with Gasteiger partial charge in [0.05, 0.1) is 0 Å². The van der Waals surface area contributed by atoms with Crippen LogP contribution in [0.4, 0.5) is 10.1 Å². The number of H-pyrrole nitrogens is 1. The van der Waals surface area contributed by atoms with Gasteiger partial charge in [0.2, 0.25) is 0 Å². The fraction of sp³-hybridized carbons (Fsp3) is 0.100. The van der Waals surface area contributed by atoms with Crippen LogP contribution in [0.1, 0.15) is 11.4 Å². The zero-order valence-corrected chi connectivity index (χ0v) is 7.50. The summed E-state index contributed by atoms with van der Waals surface area (Å²) in [6, 6.07) is 4.67. The molecule has 14 heavy (non-hydrogen) atoms. The van der Waals surface area contributed by atoms with Crippen LogP contribution >= 0.6 is 0 Å². The topological polar surface area (TPSA) is 54.7 Å². The Morgan fingerprint density at radius 3 is 2.93 bits per heavy atom. The fourth-order valence-corrected chi connectivity index (χ4v) is 1.32. The standard InChI is InChI=1S/C10H10FN3/c11-8-2-1-3-9(12)7(8)6-10-13-4-5-14-10/h1-5H,6,12H2,(H,13,14). The van der Waals surface area contributed by atoms with E-state index in [-0.39, 0.29) is 5.82 Å². The maximum Gasteiger partial charge on any atom is 0.128 e. The lowest BCUT2D eigenvalue weighted by Crippen LogP contribution is -2.00. The van der Waals surface area contributed by atoms with E-state index >= 15 is 0 Å². The molecule has 0 unspecified atom stereocenters. The van der Waals surface area contributed by atoms with Crippen LogP contribution < -0.4 is 5.73 Å². The van der Waals surface area contributed by atoms with Crippen LogP contribution in [0.25, 0.3) is 0 Å². The van der Waals surface area contributed by atoms with Crippen molar-refractivity contribution in [3.05, 3.63) is 47.8 Å². The van der Waals surface area contributed by atoms with E-state index in [2.05, 4.69) is 9.97 Å². The van der Waals surface area contributed by atoms with Gasteiger partial charge in [-0.15, -0.1) is 0 Å². The number of rotatable bonds is 2. The van der Waals surface area contributed by atoms with Gasteiger partial charge in [0, 0.05) is 30.1 Å². The summed E-state index contributed by atoms with van der Waals surface area (Å²) in [7, 11) is 0. The van der Waals surface area contributed by atoms with Crippen molar-refractivity contribution in [2.24, 2.45) is 0 Å². The minimum absolute atomic E-state index is 0.290. The number of nitrogen functional groups attached to an aromatic ring is 1. The van der Waals surface area contributed by atoms with E-state index in [1.807, 2.05) is 0 Å². The Kier molecular flexibility index (Phi) is 2.18. The second kappa shape index (κ2) is 3.49. The minimum Gasteiger partial charge on any atom is -0.398 e. The van der Waals surface area contributed by atoms with Crippen molar-refractivity contribution < 1.29 is 4.39 Å². The lowest BCUT2D eigenvalue weighted by atomic mass is 10.1. The summed E-state index contributed by atoms with van der Waals surface area (Å²) in [5.74, 6) is 0.420. The summed E-state index contributed by atoms with van der Waals surface area (Å²) < 4.78 is 13.3. The first-order valence-corrected chi connectivity index (χ1v) is 4.28. The molecule has 3 nitrogen and oxygen atoms in total. The normalized spacial score (nSPS) is 10.4. The molecular formula is C10H10FN3. The summed E-state index contributed by atoms with van der Waals surface area (Å²) >= 11 is 0. The first-order valence-electron chi connectivity index (χ1n) is 4.28. The first-order chi connectivity index (χ1) is 6.77. The number of nitrogens with two attached hydrogens (primary N) is 1. The number of hydrogen-bond acceptors (Lipinski definition) is 2. The summed E-state index contributed by atoms with van der Waals surface area (Å²) in [6.45, 7) is 0. The first kappa shape index (κ1) is 8.74. The number of nitrogens with one attached hydrogen (secondary N) is 1. The Balaban J connectivity index is 2.33. The van der Waals surface area contributed by atoms with Crippen LogP contribution in [-0.2, 0) is 6.42 Å². The maximum absolute atomic E-state index is 13.3. The highest BCUT2D eigenvalue weighted by Gasteiger charge is 2.07. The zero-order chi connectivity index (χ0) is 9.97. The Morgan fingerprint density at radius 2 is 2.29 bits per heavy atom. The van der Waals surface area contributed by atoms with Crippen LogP contribution in [-0.4, -0.2) is 9.97 Å².